The Morgan fingerprint density at radius 2 is 1.86 bits per heavy atom. The Morgan fingerprint density at radius 1 is 1.18 bits per heavy atom. The van der Waals surface area contributed by atoms with E-state index < -0.39 is 29.6 Å². The maximum Gasteiger partial charge on any atom is 0.416 e. The summed E-state index contributed by atoms with van der Waals surface area (Å²) in [7, 11) is 0. The van der Waals surface area contributed by atoms with Crippen LogP contribution in [0.15, 0.2) is 53.6 Å². The van der Waals surface area contributed by atoms with Crippen LogP contribution in [0, 0.1) is 6.92 Å². The van der Waals surface area contributed by atoms with Gasteiger partial charge in [-0.15, -0.1) is 0 Å². The van der Waals surface area contributed by atoms with Crippen molar-refractivity contribution >= 4 is 28.9 Å². The molecular formula is C19H17F3N4O2. The topological polar surface area (TPSA) is 87.8 Å². The van der Waals surface area contributed by atoms with Crippen LogP contribution in [0.4, 0.5) is 24.5 Å². The Bertz CT molecular complexity index is 942. The monoisotopic (exact) mass is 390 g/mol. The van der Waals surface area contributed by atoms with Crippen LogP contribution in [0.5, 0.6) is 0 Å². The minimum Gasteiger partial charge on any atom is -0.368 e. The SMILES string of the molecule is Cc1ccc(NC(=O)C2=NN(c3ccccc3)C(C(N)=O)C2)cc1C(F)(F)F. The highest BCUT2D eigenvalue weighted by atomic mass is 19.4. The van der Waals surface area contributed by atoms with Crippen molar-refractivity contribution in [2.24, 2.45) is 10.8 Å². The fourth-order valence-electron chi connectivity index (χ4n) is 2.90. The van der Waals surface area contributed by atoms with Gasteiger partial charge in [0.2, 0.25) is 5.91 Å². The summed E-state index contributed by atoms with van der Waals surface area (Å²) in [4.78, 5) is 24.3. The lowest BCUT2D eigenvalue weighted by molar-refractivity contribution is -0.138. The van der Waals surface area contributed by atoms with Gasteiger partial charge in [0.1, 0.15) is 11.8 Å². The molecule has 0 saturated carbocycles. The van der Waals surface area contributed by atoms with Crippen LogP contribution in [-0.4, -0.2) is 23.6 Å². The van der Waals surface area contributed by atoms with E-state index >= 15 is 0 Å². The molecule has 0 aliphatic carbocycles. The molecule has 1 unspecified atom stereocenters. The van der Waals surface area contributed by atoms with Gasteiger partial charge < -0.3 is 11.1 Å². The maximum atomic E-state index is 13.1. The first-order chi connectivity index (χ1) is 13.2. The number of para-hydroxylation sites is 1. The second-order valence-electron chi connectivity index (χ2n) is 6.33. The number of hydrogen-bond donors (Lipinski definition) is 2. The summed E-state index contributed by atoms with van der Waals surface area (Å²) in [6.45, 7) is 1.34. The smallest absolute Gasteiger partial charge is 0.368 e. The van der Waals surface area contributed by atoms with Gasteiger partial charge in [0.15, 0.2) is 0 Å². The van der Waals surface area contributed by atoms with Crippen LogP contribution in [-0.2, 0) is 15.8 Å². The van der Waals surface area contributed by atoms with E-state index in [1.807, 2.05) is 0 Å². The van der Waals surface area contributed by atoms with Gasteiger partial charge in [-0.25, -0.2) is 0 Å². The first kappa shape index (κ1) is 19.4. The number of alkyl halides is 3. The number of anilines is 2. The predicted octanol–water partition coefficient (Wildman–Crippen LogP) is 3.07. The fraction of sp³-hybridized carbons (Fsp3) is 0.211. The third kappa shape index (κ3) is 3.98. The van der Waals surface area contributed by atoms with Crippen LogP contribution >= 0.6 is 0 Å². The molecule has 1 atom stereocenters. The molecular weight excluding hydrogens is 373 g/mol. The molecule has 2 aromatic carbocycles. The lowest BCUT2D eigenvalue weighted by atomic mass is 10.1. The zero-order chi connectivity index (χ0) is 20.5. The Hall–Kier alpha value is -3.36. The first-order valence-electron chi connectivity index (χ1n) is 8.37. The van der Waals surface area contributed by atoms with Crippen LogP contribution in [0.1, 0.15) is 17.5 Å². The summed E-state index contributed by atoms with van der Waals surface area (Å²) in [5.41, 5.74) is 5.19. The number of nitrogens with one attached hydrogen (secondary N) is 1. The second kappa shape index (κ2) is 7.34. The van der Waals surface area contributed by atoms with Gasteiger partial charge in [0.05, 0.1) is 11.3 Å². The van der Waals surface area contributed by atoms with Crippen molar-refractivity contribution in [3.63, 3.8) is 0 Å². The van der Waals surface area contributed by atoms with E-state index in [4.69, 9.17) is 5.73 Å². The Balaban J connectivity index is 1.84. The van der Waals surface area contributed by atoms with Crippen molar-refractivity contribution in [3.8, 4) is 0 Å². The molecule has 1 heterocycles. The average molecular weight is 390 g/mol. The third-order valence-electron chi connectivity index (χ3n) is 4.32. The molecule has 1 aliphatic rings. The molecule has 9 heteroatoms. The molecule has 0 spiro atoms. The number of benzene rings is 2. The molecule has 6 nitrogen and oxygen atoms in total. The number of aryl methyl sites for hydroxylation is 1. The highest BCUT2D eigenvalue weighted by molar-refractivity contribution is 6.44. The highest BCUT2D eigenvalue weighted by Crippen LogP contribution is 2.33. The van der Waals surface area contributed by atoms with Gasteiger partial charge in [-0.2, -0.15) is 18.3 Å². The van der Waals surface area contributed by atoms with Gasteiger partial charge >= 0.3 is 6.18 Å². The molecule has 146 valence electrons. The van der Waals surface area contributed by atoms with E-state index in [-0.39, 0.29) is 23.4 Å². The average Bonchev–Trinajstić information content (AvgIpc) is 3.09. The Labute approximate surface area is 158 Å². The summed E-state index contributed by atoms with van der Waals surface area (Å²) in [6.07, 6.45) is -4.58. The standard InChI is InChI=1S/C19H17F3N4O2/c1-11-7-8-12(9-14(11)19(20,21)22)24-18(28)15-10-16(17(23)27)26(25-15)13-5-3-2-4-6-13/h2-9,16H,10H2,1H3,(H2,23,27)(H,24,28). The molecule has 0 radical (unpaired) electrons. The summed E-state index contributed by atoms with van der Waals surface area (Å²) in [5.74, 6) is -1.35. The van der Waals surface area contributed by atoms with Crippen molar-refractivity contribution in [1.82, 2.24) is 0 Å². The molecule has 0 fully saturated rings. The maximum absolute atomic E-state index is 13.1. The minimum atomic E-state index is -4.53. The van der Waals surface area contributed by atoms with Crippen molar-refractivity contribution in [1.29, 1.82) is 0 Å². The van der Waals surface area contributed by atoms with Crippen molar-refractivity contribution in [3.05, 3.63) is 59.7 Å². The van der Waals surface area contributed by atoms with Crippen LogP contribution in [0.25, 0.3) is 0 Å². The molecule has 2 amide bonds. The van der Waals surface area contributed by atoms with Crippen LogP contribution in [0.2, 0.25) is 0 Å². The molecule has 3 N–H and O–H groups in total. The third-order valence-corrected chi connectivity index (χ3v) is 4.32. The van der Waals surface area contributed by atoms with Crippen molar-refractivity contribution in [2.45, 2.75) is 25.6 Å². The summed E-state index contributed by atoms with van der Waals surface area (Å²) >= 11 is 0. The summed E-state index contributed by atoms with van der Waals surface area (Å²) in [6, 6.07) is 11.3. The molecule has 1 aliphatic heterocycles. The normalized spacial score (nSPS) is 16.6. The van der Waals surface area contributed by atoms with Crippen LogP contribution < -0.4 is 16.1 Å². The predicted molar refractivity (Wildman–Crippen MR) is 98.8 cm³/mol. The van der Waals surface area contributed by atoms with E-state index in [0.717, 1.165) is 6.07 Å². The number of hydrazone groups is 1. The number of nitrogens with two attached hydrogens (primary N) is 1. The van der Waals surface area contributed by atoms with Gasteiger partial charge in [0.25, 0.3) is 5.91 Å². The number of carbonyl (C=O) groups is 2. The number of hydrogen-bond acceptors (Lipinski definition) is 4. The second-order valence-corrected chi connectivity index (χ2v) is 6.33. The number of primary amides is 1. The van der Waals surface area contributed by atoms with E-state index in [1.54, 1.807) is 30.3 Å². The number of rotatable bonds is 4. The van der Waals surface area contributed by atoms with Gasteiger partial charge in [-0.05, 0) is 36.8 Å². The highest BCUT2D eigenvalue weighted by Gasteiger charge is 2.36. The van der Waals surface area contributed by atoms with Gasteiger partial charge in [-0.1, -0.05) is 24.3 Å². The van der Waals surface area contributed by atoms with Crippen LogP contribution in [0.3, 0.4) is 0 Å². The number of nitrogens with zero attached hydrogens (tertiary/aromatic N) is 2. The zero-order valence-corrected chi connectivity index (χ0v) is 14.8. The molecule has 0 saturated heterocycles. The van der Waals surface area contributed by atoms with E-state index in [9.17, 15) is 22.8 Å². The van der Waals surface area contributed by atoms with E-state index in [1.165, 1.54) is 24.1 Å². The first-order valence-corrected chi connectivity index (χ1v) is 8.37. The van der Waals surface area contributed by atoms with Crippen molar-refractivity contribution < 1.29 is 22.8 Å². The fourth-order valence-corrected chi connectivity index (χ4v) is 2.90. The van der Waals surface area contributed by atoms with Gasteiger partial charge in [0, 0.05) is 12.1 Å². The molecule has 0 aromatic heterocycles. The number of carbonyl (C=O) groups excluding carboxylic acids is 2. The molecule has 3 rings (SSSR count). The Morgan fingerprint density at radius 3 is 2.46 bits per heavy atom. The summed E-state index contributed by atoms with van der Waals surface area (Å²) in [5, 5.41) is 7.91. The number of halogens is 3. The van der Waals surface area contributed by atoms with Crippen molar-refractivity contribution in [2.75, 3.05) is 10.3 Å². The zero-order valence-electron chi connectivity index (χ0n) is 14.8. The quantitative estimate of drug-likeness (QED) is 0.841. The molecule has 0 bridgehead atoms. The largest absolute Gasteiger partial charge is 0.416 e. The van der Waals surface area contributed by atoms with Gasteiger partial charge in [-0.3, -0.25) is 14.6 Å². The van der Waals surface area contributed by atoms with E-state index in [2.05, 4.69) is 10.4 Å². The lowest BCUT2D eigenvalue weighted by Gasteiger charge is -2.20. The lowest BCUT2D eigenvalue weighted by Crippen LogP contribution is -2.39. The van der Waals surface area contributed by atoms with E-state index in [0.29, 0.717) is 5.69 Å². The molecule has 28 heavy (non-hydrogen) atoms. The minimum absolute atomic E-state index is 0.00165. The Kier molecular flexibility index (Phi) is 5.08. The number of amides is 2. The molecule has 2 aromatic rings. The summed E-state index contributed by atoms with van der Waals surface area (Å²) < 4.78 is 39.2.